The van der Waals surface area contributed by atoms with E-state index in [2.05, 4.69) is 40.3 Å². The standard InChI is InChI=1S/C19H21BrN2O3/c1-13(2)14-4-6-16(7-5-14)25-12-19(23)22-21-11-15-10-17(24-3)8-9-18(15)20/h4-11,13H,12H2,1-3H3,(H,22,23)/b21-11-. The second-order valence-electron chi connectivity index (χ2n) is 5.69. The van der Waals surface area contributed by atoms with Crippen molar-refractivity contribution in [3.63, 3.8) is 0 Å². The first-order valence-corrected chi connectivity index (χ1v) is 8.67. The van der Waals surface area contributed by atoms with Gasteiger partial charge in [0.1, 0.15) is 11.5 Å². The number of amides is 1. The van der Waals surface area contributed by atoms with Crippen molar-refractivity contribution in [2.24, 2.45) is 5.10 Å². The smallest absolute Gasteiger partial charge is 0.277 e. The third kappa shape index (κ3) is 5.90. The lowest BCUT2D eigenvalue weighted by atomic mass is 10.0. The van der Waals surface area contributed by atoms with Gasteiger partial charge in [-0.05, 0) is 41.8 Å². The third-order valence-corrected chi connectivity index (χ3v) is 4.23. The Kier molecular flexibility index (Phi) is 7.01. The number of nitrogens with zero attached hydrogens (tertiary/aromatic N) is 1. The monoisotopic (exact) mass is 404 g/mol. The molecule has 2 aromatic carbocycles. The van der Waals surface area contributed by atoms with Crippen LogP contribution >= 0.6 is 15.9 Å². The summed E-state index contributed by atoms with van der Waals surface area (Å²) in [6.45, 7) is 4.15. The van der Waals surface area contributed by atoms with Gasteiger partial charge in [-0.3, -0.25) is 4.79 Å². The highest BCUT2D eigenvalue weighted by molar-refractivity contribution is 9.10. The average molecular weight is 405 g/mol. The van der Waals surface area contributed by atoms with E-state index in [1.807, 2.05) is 42.5 Å². The minimum absolute atomic E-state index is 0.0996. The second kappa shape index (κ2) is 9.22. The van der Waals surface area contributed by atoms with Crippen molar-refractivity contribution < 1.29 is 14.3 Å². The van der Waals surface area contributed by atoms with Crippen molar-refractivity contribution in [2.45, 2.75) is 19.8 Å². The first-order chi connectivity index (χ1) is 12.0. The summed E-state index contributed by atoms with van der Waals surface area (Å²) in [5.41, 5.74) is 4.46. The van der Waals surface area contributed by atoms with Crippen molar-refractivity contribution in [3.05, 3.63) is 58.1 Å². The summed E-state index contributed by atoms with van der Waals surface area (Å²) >= 11 is 3.42. The van der Waals surface area contributed by atoms with E-state index < -0.39 is 0 Å². The molecule has 0 fully saturated rings. The number of hydrogen-bond acceptors (Lipinski definition) is 4. The van der Waals surface area contributed by atoms with Gasteiger partial charge in [-0.1, -0.05) is 41.9 Å². The van der Waals surface area contributed by atoms with Crippen LogP contribution < -0.4 is 14.9 Å². The molecule has 132 valence electrons. The molecule has 2 rings (SSSR count). The van der Waals surface area contributed by atoms with Crippen molar-refractivity contribution >= 4 is 28.1 Å². The van der Waals surface area contributed by atoms with Gasteiger partial charge in [0.05, 0.1) is 13.3 Å². The van der Waals surface area contributed by atoms with Gasteiger partial charge in [-0.2, -0.15) is 5.10 Å². The minimum Gasteiger partial charge on any atom is -0.497 e. The zero-order valence-corrected chi connectivity index (χ0v) is 16.0. The van der Waals surface area contributed by atoms with Gasteiger partial charge in [0.25, 0.3) is 5.91 Å². The van der Waals surface area contributed by atoms with E-state index >= 15 is 0 Å². The van der Waals surface area contributed by atoms with Crippen LogP contribution in [0.5, 0.6) is 11.5 Å². The number of methoxy groups -OCH3 is 1. The first-order valence-electron chi connectivity index (χ1n) is 7.88. The van der Waals surface area contributed by atoms with Gasteiger partial charge in [0, 0.05) is 10.0 Å². The molecule has 0 atom stereocenters. The maximum absolute atomic E-state index is 11.8. The van der Waals surface area contributed by atoms with Crippen LogP contribution in [0.3, 0.4) is 0 Å². The zero-order chi connectivity index (χ0) is 18.2. The lowest BCUT2D eigenvalue weighted by Gasteiger charge is -2.08. The number of ether oxygens (including phenoxy) is 2. The predicted octanol–water partition coefficient (Wildman–Crippen LogP) is 4.11. The highest BCUT2D eigenvalue weighted by Gasteiger charge is 2.04. The molecule has 0 aromatic heterocycles. The molecule has 0 unspecified atom stereocenters. The highest BCUT2D eigenvalue weighted by atomic mass is 79.9. The van der Waals surface area contributed by atoms with Gasteiger partial charge in [0.15, 0.2) is 6.61 Å². The molecule has 0 aliphatic heterocycles. The molecular formula is C19H21BrN2O3. The number of carbonyl (C=O) groups is 1. The fraction of sp³-hybridized carbons (Fsp3) is 0.263. The Balaban J connectivity index is 1.84. The van der Waals surface area contributed by atoms with Crippen LogP contribution in [0, 0.1) is 0 Å². The minimum atomic E-state index is -0.330. The van der Waals surface area contributed by atoms with E-state index in [0.717, 1.165) is 10.0 Å². The summed E-state index contributed by atoms with van der Waals surface area (Å²) in [5, 5.41) is 3.94. The highest BCUT2D eigenvalue weighted by Crippen LogP contribution is 2.21. The molecule has 0 aliphatic rings. The zero-order valence-electron chi connectivity index (χ0n) is 14.5. The lowest BCUT2D eigenvalue weighted by Crippen LogP contribution is -2.24. The van der Waals surface area contributed by atoms with Crippen molar-refractivity contribution in [1.82, 2.24) is 5.43 Å². The van der Waals surface area contributed by atoms with Crippen LogP contribution in [0.4, 0.5) is 0 Å². The SMILES string of the molecule is COc1ccc(Br)c(/C=N\NC(=O)COc2ccc(C(C)C)cc2)c1. The molecule has 0 aliphatic carbocycles. The molecule has 6 heteroatoms. The van der Waals surface area contributed by atoms with Crippen LogP contribution in [-0.2, 0) is 4.79 Å². The number of hydrazone groups is 1. The largest absolute Gasteiger partial charge is 0.497 e. The molecular weight excluding hydrogens is 384 g/mol. The number of rotatable bonds is 7. The van der Waals surface area contributed by atoms with Crippen molar-refractivity contribution in [3.8, 4) is 11.5 Å². The molecule has 0 saturated heterocycles. The summed E-state index contributed by atoms with van der Waals surface area (Å²) in [6, 6.07) is 13.2. The molecule has 5 nitrogen and oxygen atoms in total. The topological polar surface area (TPSA) is 59.9 Å². The lowest BCUT2D eigenvalue weighted by molar-refractivity contribution is -0.123. The Morgan fingerprint density at radius 3 is 2.52 bits per heavy atom. The number of carbonyl (C=O) groups excluding carboxylic acids is 1. The summed E-state index contributed by atoms with van der Waals surface area (Å²) in [4.78, 5) is 11.8. The third-order valence-electron chi connectivity index (χ3n) is 3.51. The second-order valence-corrected chi connectivity index (χ2v) is 6.55. The molecule has 1 N–H and O–H groups in total. The average Bonchev–Trinajstić information content (AvgIpc) is 2.62. The Morgan fingerprint density at radius 1 is 1.20 bits per heavy atom. The van der Waals surface area contributed by atoms with Crippen molar-refractivity contribution in [2.75, 3.05) is 13.7 Å². The van der Waals surface area contributed by atoms with E-state index in [1.54, 1.807) is 13.3 Å². The first kappa shape index (κ1) is 19.0. The number of nitrogens with one attached hydrogen (secondary N) is 1. The Bertz CT molecular complexity index is 743. The van der Waals surface area contributed by atoms with Crippen LogP contribution in [0.2, 0.25) is 0 Å². The van der Waals surface area contributed by atoms with E-state index in [0.29, 0.717) is 17.4 Å². The molecule has 0 saturated carbocycles. The molecule has 1 amide bonds. The fourth-order valence-electron chi connectivity index (χ4n) is 2.05. The van der Waals surface area contributed by atoms with Crippen molar-refractivity contribution in [1.29, 1.82) is 0 Å². The maximum atomic E-state index is 11.8. The maximum Gasteiger partial charge on any atom is 0.277 e. The van der Waals surface area contributed by atoms with Crippen LogP contribution in [0.15, 0.2) is 52.0 Å². The Labute approximate surface area is 156 Å². The molecule has 0 heterocycles. The molecule has 2 aromatic rings. The van der Waals surface area contributed by atoms with Gasteiger partial charge < -0.3 is 9.47 Å². The van der Waals surface area contributed by atoms with E-state index in [4.69, 9.17) is 9.47 Å². The molecule has 0 radical (unpaired) electrons. The molecule has 0 spiro atoms. The number of halogens is 1. The fourth-order valence-corrected chi connectivity index (χ4v) is 2.40. The quantitative estimate of drug-likeness (QED) is 0.557. The number of benzene rings is 2. The summed E-state index contributed by atoms with van der Waals surface area (Å²) in [7, 11) is 1.59. The Hall–Kier alpha value is -2.34. The normalized spacial score (nSPS) is 10.9. The van der Waals surface area contributed by atoms with Gasteiger partial charge >= 0.3 is 0 Å². The summed E-state index contributed by atoms with van der Waals surface area (Å²) < 4.78 is 11.5. The predicted molar refractivity (Wildman–Crippen MR) is 102 cm³/mol. The summed E-state index contributed by atoms with van der Waals surface area (Å²) in [5.74, 6) is 1.49. The van der Waals surface area contributed by atoms with E-state index in [9.17, 15) is 4.79 Å². The van der Waals surface area contributed by atoms with E-state index in [-0.39, 0.29) is 12.5 Å². The van der Waals surface area contributed by atoms with Crippen LogP contribution in [-0.4, -0.2) is 25.8 Å². The van der Waals surface area contributed by atoms with E-state index in [1.165, 1.54) is 5.56 Å². The number of hydrogen-bond donors (Lipinski definition) is 1. The Morgan fingerprint density at radius 2 is 1.88 bits per heavy atom. The van der Waals surface area contributed by atoms with Crippen LogP contribution in [0.1, 0.15) is 30.9 Å². The van der Waals surface area contributed by atoms with Gasteiger partial charge in [-0.25, -0.2) is 5.43 Å². The van der Waals surface area contributed by atoms with Crippen LogP contribution in [0.25, 0.3) is 0 Å². The molecule has 25 heavy (non-hydrogen) atoms. The van der Waals surface area contributed by atoms with Gasteiger partial charge in [-0.15, -0.1) is 0 Å². The summed E-state index contributed by atoms with van der Waals surface area (Å²) in [6.07, 6.45) is 1.54. The molecule has 0 bridgehead atoms. The van der Waals surface area contributed by atoms with Gasteiger partial charge in [0.2, 0.25) is 0 Å².